The highest BCUT2D eigenvalue weighted by Crippen LogP contribution is 2.32. The third-order valence-corrected chi connectivity index (χ3v) is 6.23. The number of likely N-dealkylation sites (tertiary alicyclic amines) is 1. The molecule has 2 aliphatic rings. The number of benzene rings is 2. The van der Waals surface area contributed by atoms with Crippen molar-refractivity contribution in [1.82, 2.24) is 9.80 Å². The van der Waals surface area contributed by atoms with Gasteiger partial charge < -0.3 is 15.5 Å². The molecule has 2 heterocycles. The monoisotopic (exact) mass is 468 g/mol. The molecule has 0 spiro atoms. The third kappa shape index (κ3) is 5.89. The van der Waals surface area contributed by atoms with Crippen molar-refractivity contribution in [3.63, 3.8) is 0 Å². The van der Waals surface area contributed by atoms with Crippen LogP contribution in [0.25, 0.3) is 0 Å². The normalized spacial score (nSPS) is 21.4. The number of hydrogen-bond donors (Lipinski definition) is 1. The number of carbonyl (C=O) groups excluding carboxylic acids is 1. The van der Waals surface area contributed by atoms with E-state index < -0.39 is 0 Å². The number of halogens is 3. The van der Waals surface area contributed by atoms with Gasteiger partial charge in [0, 0.05) is 45.2 Å². The van der Waals surface area contributed by atoms with E-state index in [2.05, 4.69) is 29.2 Å². The summed E-state index contributed by atoms with van der Waals surface area (Å²) in [6.07, 6.45) is 0. The highest BCUT2D eigenvalue weighted by atomic mass is 35.5. The van der Waals surface area contributed by atoms with Crippen molar-refractivity contribution in [3.8, 4) is 0 Å². The average Bonchev–Trinajstić information content (AvgIpc) is 3.17. The van der Waals surface area contributed by atoms with E-state index in [9.17, 15) is 9.18 Å². The largest absolute Gasteiger partial charge is 0.366 e. The first-order chi connectivity index (χ1) is 14.2. The van der Waals surface area contributed by atoms with Crippen LogP contribution in [-0.2, 0) is 4.79 Å². The molecule has 4 rings (SSSR count). The van der Waals surface area contributed by atoms with Gasteiger partial charge in [0.15, 0.2) is 0 Å². The topological polar surface area (TPSA) is 52.8 Å². The van der Waals surface area contributed by atoms with Crippen LogP contribution in [0.1, 0.15) is 11.5 Å². The van der Waals surface area contributed by atoms with Crippen molar-refractivity contribution in [2.45, 2.75) is 5.92 Å². The molecule has 2 aromatic rings. The summed E-state index contributed by atoms with van der Waals surface area (Å²) in [5.41, 5.74) is 7.95. The number of rotatable bonds is 5. The molecule has 31 heavy (non-hydrogen) atoms. The number of amides is 1. The van der Waals surface area contributed by atoms with Crippen LogP contribution < -0.4 is 10.6 Å². The van der Waals surface area contributed by atoms with Crippen molar-refractivity contribution in [1.29, 1.82) is 0 Å². The second kappa shape index (κ2) is 11.7. The maximum atomic E-state index is 14.0. The zero-order valence-electron chi connectivity index (χ0n) is 17.5. The molecule has 0 aromatic heterocycles. The molecule has 0 unspecified atom stereocenters. The minimum atomic E-state index is -0.205. The molecule has 2 N–H and O–H groups in total. The van der Waals surface area contributed by atoms with Crippen LogP contribution in [0.3, 0.4) is 0 Å². The summed E-state index contributed by atoms with van der Waals surface area (Å²) in [4.78, 5) is 19.0. The lowest BCUT2D eigenvalue weighted by Gasteiger charge is -2.36. The predicted octanol–water partition coefficient (Wildman–Crippen LogP) is 2.99. The highest BCUT2D eigenvalue weighted by molar-refractivity contribution is 5.85. The average molecular weight is 469 g/mol. The minimum absolute atomic E-state index is 0. The summed E-state index contributed by atoms with van der Waals surface area (Å²) in [6, 6.07) is 17.3. The van der Waals surface area contributed by atoms with E-state index in [1.54, 1.807) is 12.1 Å². The number of nitrogens with zero attached hydrogens (tertiary/aromatic N) is 3. The molecule has 0 bridgehead atoms. The van der Waals surface area contributed by atoms with Gasteiger partial charge in [-0.25, -0.2) is 4.39 Å². The fourth-order valence-corrected chi connectivity index (χ4v) is 4.60. The molecule has 2 aliphatic heterocycles. The van der Waals surface area contributed by atoms with Crippen LogP contribution in [0, 0.1) is 11.7 Å². The standard InChI is InChI=1S/C23H29FN4O.2ClH/c24-21-8-4-5-9-22(21)27-10-12-28(13-11-27)23(29)17-26-15-19(14-25)20(16-26)18-6-2-1-3-7-18;;/h1-9,19-20H,10-17,25H2;2*1H/t19-,20+;;/m1../s1. The molecule has 5 nitrogen and oxygen atoms in total. The van der Waals surface area contributed by atoms with Crippen LogP contribution in [0.2, 0.25) is 0 Å². The Labute approximate surface area is 196 Å². The van der Waals surface area contributed by atoms with E-state index >= 15 is 0 Å². The summed E-state index contributed by atoms with van der Waals surface area (Å²) in [5, 5.41) is 0. The third-order valence-electron chi connectivity index (χ3n) is 6.23. The first-order valence-corrected chi connectivity index (χ1v) is 10.4. The molecule has 0 radical (unpaired) electrons. The lowest BCUT2D eigenvalue weighted by Crippen LogP contribution is -2.51. The Kier molecular flexibility index (Phi) is 9.56. The van der Waals surface area contributed by atoms with Crippen molar-refractivity contribution in [2.75, 3.05) is 57.3 Å². The van der Waals surface area contributed by atoms with Gasteiger partial charge in [0.25, 0.3) is 0 Å². The zero-order chi connectivity index (χ0) is 20.2. The smallest absolute Gasteiger partial charge is 0.236 e. The first-order valence-electron chi connectivity index (χ1n) is 10.4. The Morgan fingerprint density at radius 1 is 0.935 bits per heavy atom. The van der Waals surface area contributed by atoms with Gasteiger partial charge in [0.2, 0.25) is 5.91 Å². The van der Waals surface area contributed by atoms with Crippen LogP contribution in [0.15, 0.2) is 54.6 Å². The molecule has 0 aliphatic carbocycles. The van der Waals surface area contributed by atoms with Gasteiger partial charge in [0.1, 0.15) is 5.82 Å². The number of hydrogen-bond acceptors (Lipinski definition) is 4. The van der Waals surface area contributed by atoms with Gasteiger partial charge in [0.05, 0.1) is 12.2 Å². The van der Waals surface area contributed by atoms with Crippen LogP contribution >= 0.6 is 24.8 Å². The second-order valence-corrected chi connectivity index (χ2v) is 8.03. The summed E-state index contributed by atoms with van der Waals surface area (Å²) >= 11 is 0. The van der Waals surface area contributed by atoms with Crippen molar-refractivity contribution in [3.05, 3.63) is 66.0 Å². The van der Waals surface area contributed by atoms with Gasteiger partial charge >= 0.3 is 0 Å². The second-order valence-electron chi connectivity index (χ2n) is 8.03. The summed E-state index contributed by atoms with van der Waals surface area (Å²) < 4.78 is 14.0. The zero-order valence-corrected chi connectivity index (χ0v) is 19.2. The Hall–Kier alpha value is -1.86. The maximum Gasteiger partial charge on any atom is 0.236 e. The molecule has 0 saturated carbocycles. The summed E-state index contributed by atoms with van der Waals surface area (Å²) in [6.45, 7) is 5.36. The van der Waals surface area contributed by atoms with E-state index in [0.29, 0.717) is 56.8 Å². The summed E-state index contributed by atoms with van der Waals surface area (Å²) in [7, 11) is 0. The first kappa shape index (κ1) is 25.4. The number of para-hydroxylation sites is 1. The molecule has 2 fully saturated rings. The number of anilines is 1. The van der Waals surface area contributed by atoms with Gasteiger partial charge in [-0.3, -0.25) is 9.69 Å². The number of piperazine rings is 1. The number of nitrogens with two attached hydrogens (primary N) is 1. The Bertz CT molecular complexity index is 833. The van der Waals surface area contributed by atoms with Crippen molar-refractivity contribution >= 4 is 36.4 Å². The molecule has 2 aromatic carbocycles. The maximum absolute atomic E-state index is 14.0. The molecule has 170 valence electrons. The van der Waals surface area contributed by atoms with E-state index in [1.807, 2.05) is 21.9 Å². The van der Waals surface area contributed by atoms with Gasteiger partial charge in [-0.05, 0) is 30.2 Å². The summed E-state index contributed by atoms with van der Waals surface area (Å²) in [5.74, 6) is 0.710. The Morgan fingerprint density at radius 3 is 2.23 bits per heavy atom. The molecular weight excluding hydrogens is 438 g/mol. The van der Waals surface area contributed by atoms with Gasteiger partial charge in [-0.1, -0.05) is 42.5 Å². The van der Waals surface area contributed by atoms with E-state index in [4.69, 9.17) is 5.73 Å². The Balaban J connectivity index is 0.00000171. The minimum Gasteiger partial charge on any atom is -0.366 e. The van der Waals surface area contributed by atoms with Crippen LogP contribution in [0.5, 0.6) is 0 Å². The molecule has 2 atom stereocenters. The van der Waals surface area contributed by atoms with Crippen molar-refractivity contribution in [2.24, 2.45) is 11.7 Å². The quantitative estimate of drug-likeness (QED) is 0.732. The lowest BCUT2D eigenvalue weighted by molar-refractivity contribution is -0.132. The molecule has 1 amide bonds. The van der Waals surface area contributed by atoms with E-state index in [1.165, 1.54) is 11.6 Å². The van der Waals surface area contributed by atoms with Crippen LogP contribution in [0.4, 0.5) is 10.1 Å². The van der Waals surface area contributed by atoms with E-state index in [0.717, 1.165) is 13.1 Å². The lowest BCUT2D eigenvalue weighted by atomic mass is 9.89. The van der Waals surface area contributed by atoms with Gasteiger partial charge in [-0.2, -0.15) is 0 Å². The molecule has 2 saturated heterocycles. The van der Waals surface area contributed by atoms with Crippen molar-refractivity contribution < 1.29 is 9.18 Å². The molecule has 8 heteroatoms. The number of carbonyl (C=O) groups is 1. The fourth-order valence-electron chi connectivity index (χ4n) is 4.60. The van der Waals surface area contributed by atoms with Crippen LogP contribution in [-0.4, -0.2) is 68.1 Å². The SMILES string of the molecule is Cl.Cl.NC[C@@H]1CN(CC(=O)N2CCN(c3ccccc3F)CC2)C[C@H]1c1ccccc1. The fraction of sp³-hybridized carbons (Fsp3) is 0.435. The molecular formula is C23H31Cl2FN4O. The highest BCUT2D eigenvalue weighted by Gasteiger charge is 2.34. The predicted molar refractivity (Wildman–Crippen MR) is 128 cm³/mol. The van der Waals surface area contributed by atoms with E-state index in [-0.39, 0.29) is 36.5 Å². The Morgan fingerprint density at radius 2 is 1.58 bits per heavy atom. The van der Waals surface area contributed by atoms with Gasteiger partial charge in [-0.15, -0.1) is 24.8 Å².